The van der Waals surface area contributed by atoms with Crippen molar-refractivity contribution in [2.24, 2.45) is 0 Å². The van der Waals surface area contributed by atoms with Gasteiger partial charge in [0, 0.05) is 18.3 Å². The van der Waals surface area contributed by atoms with E-state index in [4.69, 9.17) is 0 Å². The van der Waals surface area contributed by atoms with E-state index in [0.717, 1.165) is 5.56 Å². The standard InChI is InChI=1S/C17H18N2O3S/c1-3-16(21)19(2)14-6-4-12(5-7-14)17(22)18-15(10-20)13-8-9-23-11-13/h3-9,11,15,20H,1,10H2,2H3,(H,18,22). The van der Waals surface area contributed by atoms with E-state index in [-0.39, 0.29) is 18.4 Å². The monoisotopic (exact) mass is 330 g/mol. The molecule has 0 spiro atoms. The van der Waals surface area contributed by atoms with Gasteiger partial charge in [-0.2, -0.15) is 11.3 Å². The third-order valence-corrected chi connectivity index (χ3v) is 4.16. The number of carbonyl (C=O) groups is 2. The number of aliphatic hydroxyl groups is 1. The van der Waals surface area contributed by atoms with Crippen LogP contribution in [0.3, 0.4) is 0 Å². The molecule has 6 heteroatoms. The number of carbonyl (C=O) groups excluding carboxylic acids is 2. The lowest BCUT2D eigenvalue weighted by Crippen LogP contribution is -2.30. The van der Waals surface area contributed by atoms with Crippen LogP contribution in [0.15, 0.2) is 53.7 Å². The van der Waals surface area contributed by atoms with Gasteiger partial charge in [0.2, 0.25) is 5.91 Å². The Kier molecular flexibility index (Phi) is 5.67. The summed E-state index contributed by atoms with van der Waals surface area (Å²) in [6.07, 6.45) is 1.23. The Morgan fingerprint density at radius 2 is 2.04 bits per heavy atom. The number of hydrogen-bond acceptors (Lipinski definition) is 4. The highest BCUT2D eigenvalue weighted by molar-refractivity contribution is 7.08. The second-order valence-corrected chi connectivity index (χ2v) is 5.69. The van der Waals surface area contributed by atoms with Gasteiger partial charge in [-0.25, -0.2) is 0 Å². The highest BCUT2D eigenvalue weighted by Gasteiger charge is 2.16. The van der Waals surface area contributed by atoms with Crippen LogP contribution in [0.5, 0.6) is 0 Å². The maximum absolute atomic E-state index is 12.3. The molecule has 1 heterocycles. The summed E-state index contributed by atoms with van der Waals surface area (Å²) in [5, 5.41) is 16.0. The number of hydrogen-bond donors (Lipinski definition) is 2. The first-order chi connectivity index (χ1) is 11.1. The summed E-state index contributed by atoms with van der Waals surface area (Å²) in [5.41, 5.74) is 2.00. The van der Waals surface area contributed by atoms with Crippen LogP contribution >= 0.6 is 11.3 Å². The molecule has 1 atom stereocenters. The Bertz CT molecular complexity index is 680. The van der Waals surface area contributed by atoms with E-state index < -0.39 is 6.04 Å². The number of amides is 2. The van der Waals surface area contributed by atoms with Crippen LogP contribution in [0, 0.1) is 0 Å². The third kappa shape index (κ3) is 4.06. The van der Waals surface area contributed by atoms with E-state index in [0.29, 0.717) is 11.3 Å². The molecule has 2 amide bonds. The summed E-state index contributed by atoms with van der Waals surface area (Å²) >= 11 is 1.51. The Labute approximate surface area is 138 Å². The molecule has 0 fully saturated rings. The van der Waals surface area contributed by atoms with Crippen LogP contribution < -0.4 is 10.2 Å². The maximum atomic E-state index is 12.3. The van der Waals surface area contributed by atoms with E-state index in [1.807, 2.05) is 16.8 Å². The van der Waals surface area contributed by atoms with Gasteiger partial charge in [-0.05, 0) is 52.7 Å². The lowest BCUT2D eigenvalue weighted by molar-refractivity contribution is -0.113. The molecule has 0 aliphatic rings. The summed E-state index contributed by atoms with van der Waals surface area (Å²) in [4.78, 5) is 25.3. The van der Waals surface area contributed by atoms with Gasteiger partial charge in [-0.15, -0.1) is 0 Å². The first-order valence-corrected chi connectivity index (χ1v) is 7.95. The molecule has 0 saturated carbocycles. The number of thiophene rings is 1. The van der Waals surface area contributed by atoms with Crippen molar-refractivity contribution in [1.82, 2.24) is 5.32 Å². The summed E-state index contributed by atoms with van der Waals surface area (Å²) in [5.74, 6) is -0.500. The van der Waals surface area contributed by atoms with Crippen LogP contribution in [0.4, 0.5) is 5.69 Å². The van der Waals surface area contributed by atoms with Gasteiger partial charge >= 0.3 is 0 Å². The zero-order valence-corrected chi connectivity index (χ0v) is 13.5. The Morgan fingerprint density at radius 1 is 1.35 bits per heavy atom. The average Bonchev–Trinajstić information content (AvgIpc) is 3.12. The van der Waals surface area contributed by atoms with Crippen LogP contribution in [0.2, 0.25) is 0 Å². The van der Waals surface area contributed by atoms with Crippen molar-refractivity contribution in [3.8, 4) is 0 Å². The van der Waals surface area contributed by atoms with Crippen molar-refractivity contribution in [3.05, 3.63) is 64.9 Å². The minimum atomic E-state index is -0.432. The summed E-state index contributed by atoms with van der Waals surface area (Å²) in [7, 11) is 1.64. The predicted octanol–water partition coefficient (Wildman–Crippen LogP) is 2.36. The number of benzene rings is 1. The van der Waals surface area contributed by atoms with Gasteiger partial charge in [0.15, 0.2) is 0 Å². The first-order valence-electron chi connectivity index (χ1n) is 7.00. The molecule has 23 heavy (non-hydrogen) atoms. The second kappa shape index (κ2) is 7.71. The molecular weight excluding hydrogens is 312 g/mol. The summed E-state index contributed by atoms with van der Waals surface area (Å²) < 4.78 is 0. The molecule has 120 valence electrons. The molecule has 5 nitrogen and oxygen atoms in total. The molecule has 1 aromatic heterocycles. The van der Waals surface area contributed by atoms with Crippen molar-refractivity contribution in [2.45, 2.75) is 6.04 Å². The molecule has 1 unspecified atom stereocenters. The average molecular weight is 330 g/mol. The molecule has 0 saturated heterocycles. The highest BCUT2D eigenvalue weighted by atomic mass is 32.1. The van der Waals surface area contributed by atoms with Crippen molar-refractivity contribution >= 4 is 28.8 Å². The molecule has 1 aromatic carbocycles. The molecule has 2 rings (SSSR count). The largest absolute Gasteiger partial charge is 0.394 e. The van der Waals surface area contributed by atoms with Gasteiger partial charge < -0.3 is 15.3 Å². The normalized spacial score (nSPS) is 11.6. The minimum absolute atomic E-state index is 0.170. The fourth-order valence-electron chi connectivity index (χ4n) is 2.05. The van der Waals surface area contributed by atoms with Gasteiger partial charge in [0.25, 0.3) is 5.91 Å². The van der Waals surface area contributed by atoms with Crippen LogP contribution in [-0.4, -0.2) is 30.6 Å². The fraction of sp³-hybridized carbons (Fsp3) is 0.176. The Hall–Kier alpha value is -2.44. The predicted molar refractivity (Wildman–Crippen MR) is 91.7 cm³/mol. The van der Waals surface area contributed by atoms with Crippen LogP contribution in [0.1, 0.15) is 22.0 Å². The first kappa shape index (κ1) is 16.9. The number of aliphatic hydroxyl groups excluding tert-OH is 1. The summed E-state index contributed by atoms with van der Waals surface area (Å²) in [6, 6.07) is 8.09. The zero-order valence-electron chi connectivity index (χ0n) is 12.7. The molecular formula is C17H18N2O3S. The van der Waals surface area contributed by atoms with E-state index in [1.54, 1.807) is 31.3 Å². The smallest absolute Gasteiger partial charge is 0.251 e. The number of anilines is 1. The number of nitrogens with zero attached hydrogens (tertiary/aromatic N) is 1. The van der Waals surface area contributed by atoms with E-state index >= 15 is 0 Å². The SMILES string of the molecule is C=CC(=O)N(C)c1ccc(C(=O)NC(CO)c2ccsc2)cc1. The number of likely N-dealkylation sites (N-methyl/N-ethyl adjacent to an activating group) is 1. The second-order valence-electron chi connectivity index (χ2n) is 4.91. The number of nitrogens with one attached hydrogen (secondary N) is 1. The zero-order chi connectivity index (χ0) is 16.8. The van der Waals surface area contributed by atoms with E-state index in [1.165, 1.54) is 22.3 Å². The Morgan fingerprint density at radius 3 is 2.57 bits per heavy atom. The molecule has 0 radical (unpaired) electrons. The quantitative estimate of drug-likeness (QED) is 0.799. The van der Waals surface area contributed by atoms with Crippen molar-refractivity contribution < 1.29 is 14.7 Å². The topological polar surface area (TPSA) is 69.6 Å². The highest BCUT2D eigenvalue weighted by Crippen LogP contribution is 2.18. The lowest BCUT2D eigenvalue weighted by atomic mass is 10.1. The van der Waals surface area contributed by atoms with Crippen LogP contribution in [-0.2, 0) is 4.79 Å². The lowest BCUT2D eigenvalue weighted by Gasteiger charge is -2.17. The van der Waals surface area contributed by atoms with Gasteiger partial charge in [-0.3, -0.25) is 9.59 Å². The van der Waals surface area contributed by atoms with Gasteiger partial charge in [0.1, 0.15) is 0 Å². The van der Waals surface area contributed by atoms with Crippen LogP contribution in [0.25, 0.3) is 0 Å². The molecule has 0 bridgehead atoms. The van der Waals surface area contributed by atoms with Crippen molar-refractivity contribution in [1.29, 1.82) is 0 Å². The van der Waals surface area contributed by atoms with E-state index in [2.05, 4.69) is 11.9 Å². The third-order valence-electron chi connectivity index (χ3n) is 3.46. The molecule has 2 aromatic rings. The molecule has 2 N–H and O–H groups in total. The maximum Gasteiger partial charge on any atom is 0.251 e. The van der Waals surface area contributed by atoms with Crippen molar-refractivity contribution in [2.75, 3.05) is 18.6 Å². The fourth-order valence-corrected chi connectivity index (χ4v) is 2.76. The summed E-state index contributed by atoms with van der Waals surface area (Å²) in [6.45, 7) is 3.27. The number of rotatable bonds is 6. The van der Waals surface area contributed by atoms with E-state index in [9.17, 15) is 14.7 Å². The van der Waals surface area contributed by atoms with Gasteiger partial charge in [-0.1, -0.05) is 6.58 Å². The Balaban J connectivity index is 2.08. The van der Waals surface area contributed by atoms with Crippen molar-refractivity contribution in [3.63, 3.8) is 0 Å². The minimum Gasteiger partial charge on any atom is -0.394 e. The molecule has 0 aliphatic carbocycles. The molecule has 0 aliphatic heterocycles. The van der Waals surface area contributed by atoms with Gasteiger partial charge in [0.05, 0.1) is 12.6 Å².